The maximum Gasteiger partial charge on any atom is 0.170 e. The van der Waals surface area contributed by atoms with Crippen LogP contribution >= 0.6 is 15.9 Å². The summed E-state index contributed by atoms with van der Waals surface area (Å²) in [6, 6.07) is 9.96. The highest BCUT2D eigenvalue weighted by molar-refractivity contribution is 9.10. The van der Waals surface area contributed by atoms with Crippen molar-refractivity contribution in [1.82, 2.24) is 0 Å². The van der Waals surface area contributed by atoms with Gasteiger partial charge in [-0.2, -0.15) is 0 Å². The second-order valence-corrected chi connectivity index (χ2v) is 5.36. The third kappa shape index (κ3) is 3.72. The van der Waals surface area contributed by atoms with Gasteiger partial charge < -0.3 is 15.7 Å². The highest BCUT2D eigenvalue weighted by Crippen LogP contribution is 2.22. The molecular formula is C15H14BrFN2O2. The van der Waals surface area contributed by atoms with E-state index < -0.39 is 0 Å². The maximum absolute atomic E-state index is 13.2. The number of nitrogens with two attached hydrogens (primary N) is 1. The van der Waals surface area contributed by atoms with Crippen LogP contribution in [0.3, 0.4) is 0 Å². The van der Waals surface area contributed by atoms with Crippen molar-refractivity contribution in [3.63, 3.8) is 0 Å². The highest BCUT2D eigenvalue weighted by Gasteiger charge is 2.06. The third-order valence-corrected chi connectivity index (χ3v) is 3.58. The Kier molecular flexibility index (Phi) is 4.80. The summed E-state index contributed by atoms with van der Waals surface area (Å²) in [7, 11) is 0. The number of ether oxygens (including phenoxy) is 1. The van der Waals surface area contributed by atoms with E-state index in [0.29, 0.717) is 22.4 Å². The van der Waals surface area contributed by atoms with Crippen LogP contribution in [-0.4, -0.2) is 11.0 Å². The molecule has 110 valence electrons. The van der Waals surface area contributed by atoms with Crippen LogP contribution in [0, 0.1) is 12.7 Å². The van der Waals surface area contributed by atoms with Gasteiger partial charge in [-0.15, -0.1) is 0 Å². The molecule has 0 bridgehead atoms. The Bertz CT molecular complexity index is 689. The topological polar surface area (TPSA) is 67.8 Å². The molecule has 4 nitrogen and oxygen atoms in total. The first-order chi connectivity index (χ1) is 10.0. The van der Waals surface area contributed by atoms with E-state index in [1.807, 2.05) is 13.0 Å². The second kappa shape index (κ2) is 6.58. The number of benzene rings is 2. The van der Waals surface area contributed by atoms with Crippen molar-refractivity contribution in [2.45, 2.75) is 13.5 Å². The Morgan fingerprint density at radius 2 is 2.10 bits per heavy atom. The largest absolute Gasteiger partial charge is 0.489 e. The molecule has 0 atom stereocenters. The molecule has 3 N–H and O–H groups in total. The number of oxime groups is 1. The fourth-order valence-electron chi connectivity index (χ4n) is 1.76. The molecule has 0 saturated heterocycles. The van der Waals surface area contributed by atoms with Crippen LogP contribution in [0.5, 0.6) is 5.75 Å². The quantitative estimate of drug-likeness (QED) is 0.382. The molecular weight excluding hydrogens is 339 g/mol. The summed E-state index contributed by atoms with van der Waals surface area (Å²) in [6.07, 6.45) is 0. The molecule has 2 aromatic carbocycles. The summed E-state index contributed by atoms with van der Waals surface area (Å²) in [6.45, 7) is 2.19. The van der Waals surface area contributed by atoms with Gasteiger partial charge in [-0.1, -0.05) is 23.4 Å². The molecule has 0 spiro atoms. The fraction of sp³-hybridized carbons (Fsp3) is 0.133. The number of aryl methyl sites for hydroxylation is 1. The van der Waals surface area contributed by atoms with E-state index in [2.05, 4.69) is 21.1 Å². The first-order valence-electron chi connectivity index (χ1n) is 6.16. The number of rotatable bonds is 4. The molecule has 0 amide bonds. The zero-order valence-electron chi connectivity index (χ0n) is 11.3. The van der Waals surface area contributed by atoms with Crippen molar-refractivity contribution in [1.29, 1.82) is 0 Å². The lowest BCUT2D eigenvalue weighted by atomic mass is 10.1. The molecule has 0 saturated carbocycles. The Morgan fingerprint density at radius 3 is 2.76 bits per heavy atom. The minimum absolute atomic E-state index is 0.0179. The van der Waals surface area contributed by atoms with Gasteiger partial charge >= 0.3 is 0 Å². The van der Waals surface area contributed by atoms with E-state index in [1.165, 1.54) is 6.07 Å². The average molecular weight is 353 g/mol. The van der Waals surface area contributed by atoms with Gasteiger partial charge in [0.2, 0.25) is 0 Å². The number of halogens is 2. The summed E-state index contributed by atoms with van der Waals surface area (Å²) in [4.78, 5) is 0. The lowest BCUT2D eigenvalue weighted by Crippen LogP contribution is -2.13. The monoisotopic (exact) mass is 352 g/mol. The highest BCUT2D eigenvalue weighted by atomic mass is 79.9. The summed E-state index contributed by atoms with van der Waals surface area (Å²) >= 11 is 3.14. The standard InChI is InChI=1S/C15H14BrFN2O2/c1-9-2-4-11(15(18)19-20)7-14(9)21-8-10-3-5-13(17)12(16)6-10/h2-7,20H,8H2,1H3,(H2,18,19). The Balaban J connectivity index is 2.17. The predicted octanol–water partition coefficient (Wildman–Crippen LogP) is 3.57. The fourth-order valence-corrected chi connectivity index (χ4v) is 2.19. The van der Waals surface area contributed by atoms with E-state index in [4.69, 9.17) is 15.7 Å². The van der Waals surface area contributed by atoms with Crippen molar-refractivity contribution in [2.24, 2.45) is 10.9 Å². The van der Waals surface area contributed by atoms with Crippen LogP contribution in [0.2, 0.25) is 0 Å². The predicted molar refractivity (Wildman–Crippen MR) is 82.1 cm³/mol. The van der Waals surface area contributed by atoms with Crippen molar-refractivity contribution < 1.29 is 14.3 Å². The van der Waals surface area contributed by atoms with Crippen molar-refractivity contribution in [3.05, 3.63) is 63.4 Å². The van der Waals surface area contributed by atoms with E-state index >= 15 is 0 Å². The third-order valence-electron chi connectivity index (χ3n) is 2.97. The zero-order valence-corrected chi connectivity index (χ0v) is 12.9. The van der Waals surface area contributed by atoms with Crippen LogP contribution in [-0.2, 0) is 6.61 Å². The molecule has 0 aromatic heterocycles. The summed E-state index contributed by atoms with van der Waals surface area (Å²) in [5, 5.41) is 11.7. The van der Waals surface area contributed by atoms with Crippen LogP contribution in [0.25, 0.3) is 0 Å². The molecule has 2 aromatic rings. The van der Waals surface area contributed by atoms with E-state index in [9.17, 15) is 4.39 Å². The Morgan fingerprint density at radius 1 is 1.33 bits per heavy atom. The number of nitrogens with zero attached hydrogens (tertiary/aromatic N) is 1. The first-order valence-corrected chi connectivity index (χ1v) is 6.96. The second-order valence-electron chi connectivity index (χ2n) is 4.50. The van der Waals surface area contributed by atoms with Gasteiger partial charge in [-0.05, 0) is 52.2 Å². The van der Waals surface area contributed by atoms with Crippen LogP contribution in [0.4, 0.5) is 4.39 Å². The summed E-state index contributed by atoms with van der Waals surface area (Å²) in [5.41, 5.74) is 7.87. The lowest BCUT2D eigenvalue weighted by Gasteiger charge is -2.11. The summed E-state index contributed by atoms with van der Waals surface area (Å²) < 4.78 is 19.3. The van der Waals surface area contributed by atoms with E-state index in [0.717, 1.165) is 11.1 Å². The zero-order chi connectivity index (χ0) is 15.4. The molecule has 21 heavy (non-hydrogen) atoms. The van der Waals surface area contributed by atoms with Crippen LogP contribution in [0.1, 0.15) is 16.7 Å². The molecule has 0 fully saturated rings. The van der Waals surface area contributed by atoms with Crippen LogP contribution in [0.15, 0.2) is 46.0 Å². The van der Waals surface area contributed by atoms with Gasteiger partial charge in [0.05, 0.1) is 4.47 Å². The van der Waals surface area contributed by atoms with Gasteiger partial charge in [0, 0.05) is 5.56 Å². The molecule has 0 heterocycles. The van der Waals surface area contributed by atoms with Crippen LogP contribution < -0.4 is 10.5 Å². The summed E-state index contributed by atoms with van der Waals surface area (Å²) in [5.74, 6) is 0.327. The van der Waals surface area contributed by atoms with E-state index in [1.54, 1.807) is 24.3 Å². The van der Waals surface area contributed by atoms with Crippen molar-refractivity contribution >= 4 is 21.8 Å². The van der Waals surface area contributed by atoms with Gasteiger partial charge in [0.1, 0.15) is 18.2 Å². The molecule has 0 radical (unpaired) electrons. The normalized spacial score (nSPS) is 11.5. The number of hydrogen-bond acceptors (Lipinski definition) is 3. The van der Waals surface area contributed by atoms with Gasteiger partial charge in [-0.3, -0.25) is 0 Å². The molecule has 0 aliphatic carbocycles. The SMILES string of the molecule is Cc1ccc(/C(N)=N/O)cc1OCc1ccc(F)c(Br)c1. The molecule has 2 rings (SSSR count). The van der Waals surface area contributed by atoms with Gasteiger partial charge in [-0.25, -0.2) is 4.39 Å². The Labute approximate surface area is 130 Å². The molecule has 0 aliphatic rings. The van der Waals surface area contributed by atoms with Gasteiger partial charge in [0.25, 0.3) is 0 Å². The van der Waals surface area contributed by atoms with E-state index in [-0.39, 0.29) is 11.7 Å². The van der Waals surface area contributed by atoms with Crippen molar-refractivity contribution in [3.8, 4) is 5.75 Å². The maximum atomic E-state index is 13.2. The smallest absolute Gasteiger partial charge is 0.170 e. The number of amidine groups is 1. The van der Waals surface area contributed by atoms with Gasteiger partial charge in [0.15, 0.2) is 5.84 Å². The van der Waals surface area contributed by atoms with Crippen molar-refractivity contribution in [2.75, 3.05) is 0 Å². The molecule has 0 aliphatic heterocycles. The minimum atomic E-state index is -0.316. The minimum Gasteiger partial charge on any atom is -0.489 e. The number of hydrogen-bond donors (Lipinski definition) is 2. The molecule has 6 heteroatoms. The average Bonchev–Trinajstić information content (AvgIpc) is 2.49. The lowest BCUT2D eigenvalue weighted by molar-refractivity contribution is 0.303. The Hall–Kier alpha value is -2.08. The molecule has 0 unspecified atom stereocenters. The first kappa shape index (κ1) is 15.3.